The van der Waals surface area contributed by atoms with E-state index in [1.165, 1.54) is 0 Å². The normalized spacial score (nSPS) is 17.5. The molecule has 0 atom stereocenters. The van der Waals surface area contributed by atoms with Crippen molar-refractivity contribution in [1.82, 2.24) is 0 Å². The average molecular weight is 246 g/mol. The van der Waals surface area contributed by atoms with Crippen LogP contribution in [0.4, 0.5) is 0 Å². The van der Waals surface area contributed by atoms with Crippen LogP contribution in [-0.2, 0) is 20.9 Å². The first-order valence-electron chi connectivity index (χ1n) is 6.08. The van der Waals surface area contributed by atoms with E-state index >= 15 is 0 Å². The maximum atomic E-state index is 12.0. The number of hydrogen-bond donors (Lipinski definition) is 0. The highest BCUT2D eigenvalue weighted by atomic mass is 16.5. The molecular weight excluding hydrogens is 228 g/mol. The van der Waals surface area contributed by atoms with Crippen LogP contribution in [0.5, 0.6) is 0 Å². The number of ether oxygens (including phenoxy) is 2. The summed E-state index contributed by atoms with van der Waals surface area (Å²) >= 11 is 0. The Balaban J connectivity index is 1.96. The largest absolute Gasteiger partial charge is 0.492 e. The van der Waals surface area contributed by atoms with E-state index in [1.807, 2.05) is 51.1 Å². The van der Waals surface area contributed by atoms with Crippen LogP contribution in [0.15, 0.2) is 41.7 Å². The van der Waals surface area contributed by atoms with Crippen LogP contribution >= 0.6 is 0 Å². The van der Waals surface area contributed by atoms with Gasteiger partial charge in [0.2, 0.25) is 0 Å². The van der Waals surface area contributed by atoms with Crippen LogP contribution in [0, 0.1) is 0 Å². The Bertz CT molecular complexity index is 472. The third-order valence-electron chi connectivity index (χ3n) is 2.92. The molecule has 1 heterocycles. The molecule has 1 aliphatic rings. The first-order chi connectivity index (χ1) is 8.48. The van der Waals surface area contributed by atoms with E-state index in [0.29, 0.717) is 24.4 Å². The van der Waals surface area contributed by atoms with Crippen molar-refractivity contribution < 1.29 is 14.3 Å². The van der Waals surface area contributed by atoms with Gasteiger partial charge in [-0.05, 0) is 26.3 Å². The molecule has 0 aliphatic carbocycles. The van der Waals surface area contributed by atoms with Crippen molar-refractivity contribution in [3.05, 3.63) is 47.2 Å². The maximum absolute atomic E-state index is 12.0. The fourth-order valence-corrected chi connectivity index (χ4v) is 2.09. The molecule has 96 valence electrons. The standard InChI is InChI=1S/C15H18O3/c1-11-13(9-15(2,3)18-11)14(16)17-10-12-7-5-4-6-8-12/h4-8H,9-10H2,1-3H3. The summed E-state index contributed by atoms with van der Waals surface area (Å²) in [5.74, 6) is 0.403. The van der Waals surface area contributed by atoms with E-state index in [9.17, 15) is 4.79 Å². The van der Waals surface area contributed by atoms with Gasteiger partial charge in [-0.15, -0.1) is 0 Å². The third-order valence-corrected chi connectivity index (χ3v) is 2.92. The summed E-state index contributed by atoms with van der Waals surface area (Å²) in [6, 6.07) is 9.66. The smallest absolute Gasteiger partial charge is 0.337 e. The van der Waals surface area contributed by atoms with Crippen molar-refractivity contribution in [2.24, 2.45) is 0 Å². The number of rotatable bonds is 3. The van der Waals surface area contributed by atoms with E-state index in [4.69, 9.17) is 9.47 Å². The van der Waals surface area contributed by atoms with Crippen molar-refractivity contribution in [3.8, 4) is 0 Å². The lowest BCUT2D eigenvalue weighted by Crippen LogP contribution is -2.19. The Morgan fingerprint density at radius 2 is 2.00 bits per heavy atom. The zero-order valence-electron chi connectivity index (χ0n) is 11.0. The fraction of sp³-hybridized carbons (Fsp3) is 0.400. The van der Waals surface area contributed by atoms with Gasteiger partial charge in [-0.25, -0.2) is 4.79 Å². The van der Waals surface area contributed by atoms with Crippen LogP contribution in [0.3, 0.4) is 0 Å². The molecular formula is C15H18O3. The first-order valence-corrected chi connectivity index (χ1v) is 6.08. The van der Waals surface area contributed by atoms with Crippen LogP contribution in [0.25, 0.3) is 0 Å². The number of carbonyl (C=O) groups excluding carboxylic acids is 1. The van der Waals surface area contributed by atoms with Crippen molar-refractivity contribution in [1.29, 1.82) is 0 Å². The summed E-state index contributed by atoms with van der Waals surface area (Å²) in [7, 11) is 0. The lowest BCUT2D eigenvalue weighted by molar-refractivity contribution is -0.140. The molecule has 1 aromatic rings. The van der Waals surface area contributed by atoms with Gasteiger partial charge in [-0.2, -0.15) is 0 Å². The Kier molecular flexibility index (Phi) is 3.41. The van der Waals surface area contributed by atoms with Gasteiger partial charge >= 0.3 is 5.97 Å². The predicted octanol–water partition coefficient (Wildman–Crippen LogP) is 3.20. The van der Waals surface area contributed by atoms with E-state index in [2.05, 4.69) is 0 Å². The molecule has 0 bridgehead atoms. The molecule has 3 nitrogen and oxygen atoms in total. The Hall–Kier alpha value is -1.77. The van der Waals surface area contributed by atoms with Gasteiger partial charge in [-0.3, -0.25) is 0 Å². The van der Waals surface area contributed by atoms with E-state index in [-0.39, 0.29) is 11.6 Å². The zero-order chi connectivity index (χ0) is 13.2. The minimum Gasteiger partial charge on any atom is -0.492 e. The minimum atomic E-state index is -0.300. The van der Waals surface area contributed by atoms with Gasteiger partial charge in [-0.1, -0.05) is 30.3 Å². The number of esters is 1. The zero-order valence-corrected chi connectivity index (χ0v) is 11.0. The maximum Gasteiger partial charge on any atom is 0.337 e. The lowest BCUT2D eigenvalue weighted by Gasteiger charge is -2.18. The van der Waals surface area contributed by atoms with E-state index in [1.54, 1.807) is 0 Å². The van der Waals surface area contributed by atoms with Gasteiger partial charge in [0.15, 0.2) is 0 Å². The third kappa shape index (κ3) is 2.92. The molecule has 0 saturated carbocycles. The molecule has 0 unspecified atom stereocenters. The van der Waals surface area contributed by atoms with Crippen molar-refractivity contribution in [3.63, 3.8) is 0 Å². The number of hydrogen-bond acceptors (Lipinski definition) is 3. The molecule has 0 aromatic heterocycles. The Morgan fingerprint density at radius 1 is 1.33 bits per heavy atom. The topological polar surface area (TPSA) is 35.5 Å². The second-order valence-corrected chi connectivity index (χ2v) is 5.14. The molecule has 3 heteroatoms. The first kappa shape index (κ1) is 12.7. The van der Waals surface area contributed by atoms with Gasteiger partial charge in [0.05, 0.1) is 5.57 Å². The number of allylic oxidation sites excluding steroid dienone is 1. The van der Waals surface area contributed by atoms with Crippen molar-refractivity contribution >= 4 is 5.97 Å². The van der Waals surface area contributed by atoms with Gasteiger partial charge in [0.1, 0.15) is 18.0 Å². The highest BCUT2D eigenvalue weighted by molar-refractivity contribution is 5.89. The minimum absolute atomic E-state index is 0.276. The molecule has 0 N–H and O–H groups in total. The van der Waals surface area contributed by atoms with E-state index < -0.39 is 0 Å². The summed E-state index contributed by atoms with van der Waals surface area (Å²) in [6.07, 6.45) is 0.604. The van der Waals surface area contributed by atoms with Gasteiger partial charge < -0.3 is 9.47 Å². The molecule has 0 saturated heterocycles. The van der Waals surface area contributed by atoms with Crippen LogP contribution in [0.1, 0.15) is 32.8 Å². The monoisotopic (exact) mass is 246 g/mol. The van der Waals surface area contributed by atoms with Crippen LogP contribution < -0.4 is 0 Å². The van der Waals surface area contributed by atoms with E-state index in [0.717, 1.165) is 5.56 Å². The van der Waals surface area contributed by atoms with Crippen molar-refractivity contribution in [2.75, 3.05) is 0 Å². The van der Waals surface area contributed by atoms with Crippen LogP contribution in [0.2, 0.25) is 0 Å². The second-order valence-electron chi connectivity index (χ2n) is 5.14. The summed E-state index contributed by atoms with van der Waals surface area (Å²) < 4.78 is 10.9. The summed E-state index contributed by atoms with van der Waals surface area (Å²) in [5.41, 5.74) is 1.34. The van der Waals surface area contributed by atoms with Gasteiger partial charge in [0, 0.05) is 6.42 Å². The summed E-state index contributed by atoms with van der Waals surface area (Å²) in [4.78, 5) is 12.0. The Labute approximate surface area is 107 Å². The lowest BCUT2D eigenvalue weighted by atomic mass is 10.0. The SMILES string of the molecule is CC1=C(C(=O)OCc2ccccc2)CC(C)(C)O1. The highest BCUT2D eigenvalue weighted by Gasteiger charge is 2.34. The quantitative estimate of drug-likeness (QED) is 0.768. The molecule has 0 fully saturated rings. The highest BCUT2D eigenvalue weighted by Crippen LogP contribution is 2.33. The molecule has 0 spiro atoms. The number of carbonyl (C=O) groups is 1. The second kappa shape index (κ2) is 4.84. The summed E-state index contributed by atoms with van der Waals surface area (Å²) in [5, 5.41) is 0. The number of benzene rings is 1. The molecule has 1 aromatic carbocycles. The molecule has 18 heavy (non-hydrogen) atoms. The van der Waals surface area contributed by atoms with Crippen LogP contribution in [-0.4, -0.2) is 11.6 Å². The van der Waals surface area contributed by atoms with Gasteiger partial charge in [0.25, 0.3) is 0 Å². The molecule has 1 aliphatic heterocycles. The average Bonchev–Trinajstić information content (AvgIpc) is 2.61. The molecule has 0 radical (unpaired) electrons. The molecule has 2 rings (SSSR count). The fourth-order valence-electron chi connectivity index (χ4n) is 2.09. The molecule has 0 amide bonds. The Morgan fingerprint density at radius 3 is 2.56 bits per heavy atom. The summed E-state index contributed by atoms with van der Waals surface area (Å²) in [6.45, 7) is 6.05. The predicted molar refractivity (Wildman–Crippen MR) is 68.7 cm³/mol. The van der Waals surface area contributed by atoms with Crippen molar-refractivity contribution in [2.45, 2.75) is 39.4 Å².